The van der Waals surface area contributed by atoms with Crippen molar-refractivity contribution in [2.24, 2.45) is 5.14 Å². The number of aryl methyl sites for hydroxylation is 1. The van der Waals surface area contributed by atoms with Crippen LogP contribution >= 0.6 is 0 Å². The summed E-state index contributed by atoms with van der Waals surface area (Å²) in [6.45, 7) is 1.55. The molecule has 0 bridgehead atoms. The molecule has 0 unspecified atom stereocenters. The average Bonchev–Trinajstić information content (AvgIpc) is 2.53. The molecule has 9 heteroatoms. The number of anilines is 1. The predicted octanol–water partition coefficient (Wildman–Crippen LogP) is 3.31. The Hall–Kier alpha value is -2.65. The number of nitrogens with one attached hydrogen (secondary N) is 1. The van der Waals surface area contributed by atoms with Gasteiger partial charge in [0.1, 0.15) is 0 Å². The van der Waals surface area contributed by atoms with Crippen molar-refractivity contribution in [3.63, 3.8) is 0 Å². The Morgan fingerprint density at radius 1 is 1.15 bits per heavy atom. The average molecular weight is 384 g/mol. The maximum atomic E-state index is 12.7. The maximum Gasteiger partial charge on any atom is 0.416 e. The standard InChI is InChI=1S/C17H15F3N2O3S/c1-11-5-7-14(10-15(11)26(21,24)25)22-16(23)8-6-12-3-2-4-13(9-12)17(18,19)20/h2-10H,1H3,(H,22,23)(H2,21,24,25)/b8-6+. The molecule has 2 rings (SSSR count). The summed E-state index contributed by atoms with van der Waals surface area (Å²) < 4.78 is 60.9. The molecule has 0 spiro atoms. The van der Waals surface area contributed by atoms with Gasteiger partial charge in [0, 0.05) is 11.8 Å². The van der Waals surface area contributed by atoms with E-state index in [-0.39, 0.29) is 16.1 Å². The van der Waals surface area contributed by atoms with Crippen LogP contribution in [-0.4, -0.2) is 14.3 Å². The molecule has 0 aliphatic rings. The fourth-order valence-electron chi connectivity index (χ4n) is 2.16. The second-order valence-electron chi connectivity index (χ2n) is 5.47. The van der Waals surface area contributed by atoms with Gasteiger partial charge in [-0.3, -0.25) is 4.79 Å². The lowest BCUT2D eigenvalue weighted by atomic mass is 10.1. The highest BCUT2D eigenvalue weighted by molar-refractivity contribution is 7.89. The van der Waals surface area contributed by atoms with E-state index in [4.69, 9.17) is 5.14 Å². The first kappa shape index (κ1) is 19.7. The lowest BCUT2D eigenvalue weighted by Gasteiger charge is -2.08. The summed E-state index contributed by atoms with van der Waals surface area (Å²) in [6, 6.07) is 8.67. The molecular formula is C17H15F3N2O3S. The van der Waals surface area contributed by atoms with Crippen molar-refractivity contribution in [2.75, 3.05) is 5.32 Å². The van der Waals surface area contributed by atoms with Crippen molar-refractivity contribution in [3.8, 4) is 0 Å². The van der Waals surface area contributed by atoms with Crippen LogP contribution in [0.2, 0.25) is 0 Å². The van der Waals surface area contributed by atoms with Gasteiger partial charge in [-0.1, -0.05) is 18.2 Å². The van der Waals surface area contributed by atoms with Crippen LogP contribution in [-0.2, 0) is 21.0 Å². The molecular weight excluding hydrogens is 369 g/mol. The van der Waals surface area contributed by atoms with E-state index in [1.165, 1.54) is 36.4 Å². The van der Waals surface area contributed by atoms with Crippen LogP contribution in [0.25, 0.3) is 6.08 Å². The van der Waals surface area contributed by atoms with Crippen molar-refractivity contribution in [1.82, 2.24) is 0 Å². The molecule has 0 aliphatic heterocycles. The van der Waals surface area contributed by atoms with Gasteiger partial charge in [-0.05, 0) is 48.4 Å². The minimum absolute atomic E-state index is 0.128. The second-order valence-corrected chi connectivity index (χ2v) is 7.00. The van der Waals surface area contributed by atoms with E-state index >= 15 is 0 Å². The Morgan fingerprint density at radius 2 is 1.85 bits per heavy atom. The van der Waals surface area contributed by atoms with Crippen molar-refractivity contribution in [2.45, 2.75) is 18.0 Å². The van der Waals surface area contributed by atoms with Crippen LogP contribution < -0.4 is 10.5 Å². The Balaban J connectivity index is 2.16. The summed E-state index contributed by atoms with van der Waals surface area (Å²) >= 11 is 0. The molecule has 26 heavy (non-hydrogen) atoms. The first-order chi connectivity index (χ1) is 12.0. The lowest BCUT2D eigenvalue weighted by Crippen LogP contribution is -2.15. The molecule has 0 fully saturated rings. The number of hydrogen-bond acceptors (Lipinski definition) is 3. The van der Waals surface area contributed by atoms with Crippen molar-refractivity contribution in [1.29, 1.82) is 0 Å². The highest BCUT2D eigenvalue weighted by Gasteiger charge is 2.30. The van der Waals surface area contributed by atoms with E-state index < -0.39 is 27.7 Å². The number of nitrogens with two attached hydrogens (primary N) is 1. The Bertz CT molecular complexity index is 967. The molecule has 0 aliphatic carbocycles. The molecule has 3 N–H and O–H groups in total. The fraction of sp³-hybridized carbons (Fsp3) is 0.118. The normalized spacial score (nSPS) is 12.3. The van der Waals surface area contributed by atoms with Gasteiger partial charge in [-0.2, -0.15) is 13.2 Å². The number of benzene rings is 2. The minimum Gasteiger partial charge on any atom is -0.322 e. The third-order valence-corrected chi connectivity index (χ3v) is 4.46. The molecule has 2 aromatic carbocycles. The van der Waals surface area contributed by atoms with Gasteiger partial charge in [-0.15, -0.1) is 0 Å². The molecule has 0 radical (unpaired) electrons. The van der Waals surface area contributed by atoms with Gasteiger partial charge in [0.25, 0.3) is 0 Å². The first-order valence-electron chi connectivity index (χ1n) is 7.26. The molecule has 138 valence electrons. The van der Waals surface area contributed by atoms with Crippen LogP contribution in [0.1, 0.15) is 16.7 Å². The topological polar surface area (TPSA) is 89.3 Å². The number of amides is 1. The van der Waals surface area contributed by atoms with Gasteiger partial charge >= 0.3 is 6.18 Å². The second kappa shape index (κ2) is 7.30. The summed E-state index contributed by atoms with van der Waals surface area (Å²) in [7, 11) is -3.94. The van der Waals surface area contributed by atoms with Gasteiger partial charge in [0.05, 0.1) is 10.5 Å². The van der Waals surface area contributed by atoms with Crippen molar-refractivity contribution >= 4 is 27.7 Å². The van der Waals surface area contributed by atoms with Crippen LogP contribution in [0.3, 0.4) is 0 Å². The number of rotatable bonds is 4. The zero-order valence-corrected chi connectivity index (χ0v) is 14.4. The molecule has 0 saturated carbocycles. The van der Waals surface area contributed by atoms with Gasteiger partial charge < -0.3 is 5.32 Å². The van der Waals surface area contributed by atoms with E-state index in [1.807, 2.05) is 0 Å². The molecule has 1 amide bonds. The third kappa shape index (κ3) is 5.17. The van der Waals surface area contributed by atoms with Crippen LogP contribution in [0.15, 0.2) is 53.4 Å². The molecule has 5 nitrogen and oxygen atoms in total. The monoisotopic (exact) mass is 384 g/mol. The van der Waals surface area contributed by atoms with Crippen LogP contribution in [0.5, 0.6) is 0 Å². The van der Waals surface area contributed by atoms with Gasteiger partial charge in [0.15, 0.2) is 0 Å². The Labute approximate surface area is 148 Å². The number of primary sulfonamides is 1. The summed E-state index contributed by atoms with van der Waals surface area (Å²) in [6.07, 6.45) is -2.20. The van der Waals surface area contributed by atoms with E-state index in [2.05, 4.69) is 5.32 Å². The van der Waals surface area contributed by atoms with Crippen LogP contribution in [0, 0.1) is 6.92 Å². The molecule has 0 saturated heterocycles. The quantitative estimate of drug-likeness (QED) is 0.793. The first-order valence-corrected chi connectivity index (χ1v) is 8.81. The van der Waals surface area contributed by atoms with E-state index in [0.717, 1.165) is 18.2 Å². The molecule has 0 atom stereocenters. The molecule has 2 aromatic rings. The predicted molar refractivity (Wildman–Crippen MR) is 91.7 cm³/mol. The van der Waals surface area contributed by atoms with Crippen LogP contribution in [0.4, 0.5) is 18.9 Å². The Morgan fingerprint density at radius 3 is 2.46 bits per heavy atom. The van der Waals surface area contributed by atoms with E-state index in [1.54, 1.807) is 6.92 Å². The fourth-order valence-corrected chi connectivity index (χ4v) is 2.97. The minimum atomic E-state index is -4.47. The van der Waals surface area contributed by atoms with E-state index in [0.29, 0.717) is 5.56 Å². The number of carbonyl (C=O) groups excluding carboxylic acids is 1. The van der Waals surface area contributed by atoms with E-state index in [9.17, 15) is 26.4 Å². The zero-order valence-electron chi connectivity index (χ0n) is 13.5. The number of alkyl halides is 3. The zero-order chi connectivity index (χ0) is 19.5. The van der Waals surface area contributed by atoms with Gasteiger partial charge in [-0.25, -0.2) is 13.6 Å². The summed E-state index contributed by atoms with van der Waals surface area (Å²) in [5.74, 6) is -0.633. The Kier molecular flexibility index (Phi) is 5.53. The molecule has 0 heterocycles. The lowest BCUT2D eigenvalue weighted by molar-refractivity contribution is -0.137. The number of carbonyl (C=O) groups is 1. The van der Waals surface area contributed by atoms with Gasteiger partial charge in [0.2, 0.25) is 15.9 Å². The number of hydrogen-bond donors (Lipinski definition) is 2. The highest BCUT2D eigenvalue weighted by Crippen LogP contribution is 2.29. The summed E-state index contributed by atoms with van der Waals surface area (Å²) in [5, 5.41) is 7.52. The largest absolute Gasteiger partial charge is 0.416 e. The van der Waals surface area contributed by atoms with Crippen molar-refractivity contribution < 1.29 is 26.4 Å². The number of sulfonamides is 1. The smallest absolute Gasteiger partial charge is 0.322 e. The maximum absolute atomic E-state index is 12.7. The summed E-state index contributed by atoms with van der Waals surface area (Å²) in [4.78, 5) is 11.8. The SMILES string of the molecule is Cc1ccc(NC(=O)/C=C/c2cccc(C(F)(F)F)c2)cc1S(N)(=O)=O. The highest BCUT2D eigenvalue weighted by atomic mass is 32.2. The molecule has 0 aromatic heterocycles. The third-order valence-electron chi connectivity index (χ3n) is 3.40. The summed E-state index contributed by atoms with van der Waals surface area (Å²) in [5.41, 5.74) is -0.0104. The number of halogens is 3. The van der Waals surface area contributed by atoms with Crippen molar-refractivity contribution in [3.05, 3.63) is 65.2 Å².